The van der Waals surface area contributed by atoms with Gasteiger partial charge in [-0.05, 0) is 36.5 Å². The number of fused-ring (bicyclic) bond motifs is 1. The molecule has 7 heteroatoms. The molecule has 0 spiro atoms. The lowest BCUT2D eigenvalue weighted by molar-refractivity contribution is 0.0517. The number of hydrogen-bond donors (Lipinski definition) is 1. The zero-order chi connectivity index (χ0) is 20.2. The Hall–Kier alpha value is -1.18. The quantitative estimate of drug-likeness (QED) is 0.507. The third-order valence-electron chi connectivity index (χ3n) is 5.84. The fourth-order valence-electron chi connectivity index (χ4n) is 4.77. The summed E-state index contributed by atoms with van der Waals surface area (Å²) in [6.45, 7) is 18.9. The molecule has 1 aromatic rings. The van der Waals surface area contributed by atoms with Crippen molar-refractivity contribution >= 4 is 14.3 Å². The fourth-order valence-corrected chi connectivity index (χ4v) is 10.2. The number of aromatic nitrogens is 2. The molecule has 27 heavy (non-hydrogen) atoms. The smallest absolute Gasteiger partial charge is 0.359 e. The zero-order valence-corrected chi connectivity index (χ0v) is 19.1. The second-order valence-corrected chi connectivity index (χ2v) is 13.8. The molecule has 0 aromatic carbocycles. The second-order valence-electron chi connectivity index (χ2n) is 8.31. The van der Waals surface area contributed by atoms with Crippen LogP contribution in [-0.2, 0) is 28.7 Å². The summed E-state index contributed by atoms with van der Waals surface area (Å²) in [5.74, 6) is -0.314. The predicted octanol–water partition coefficient (Wildman–Crippen LogP) is 3.90. The molecule has 0 saturated heterocycles. The summed E-state index contributed by atoms with van der Waals surface area (Å²) in [5, 5.41) is 7.98. The van der Waals surface area contributed by atoms with Gasteiger partial charge in [0.05, 0.1) is 25.5 Å². The van der Waals surface area contributed by atoms with Crippen LogP contribution in [0.5, 0.6) is 0 Å². The van der Waals surface area contributed by atoms with E-state index in [9.17, 15) is 4.79 Å². The number of esters is 1. The first-order chi connectivity index (χ1) is 12.8. The third-order valence-corrected chi connectivity index (χ3v) is 12.0. The molecule has 2 heterocycles. The summed E-state index contributed by atoms with van der Waals surface area (Å²) in [7, 11) is -1.89. The number of ether oxygens (including phenoxy) is 1. The number of carbonyl (C=O) groups is 1. The molecule has 1 N–H and O–H groups in total. The molecular formula is C20H37N3O3Si. The minimum Gasteiger partial charge on any atom is -0.461 e. The van der Waals surface area contributed by atoms with Crippen LogP contribution in [0.4, 0.5) is 0 Å². The molecule has 0 radical (unpaired) electrons. The highest BCUT2D eigenvalue weighted by atomic mass is 28.4. The van der Waals surface area contributed by atoms with Crippen molar-refractivity contribution in [3.05, 3.63) is 17.0 Å². The van der Waals surface area contributed by atoms with Gasteiger partial charge in [0.2, 0.25) is 0 Å². The van der Waals surface area contributed by atoms with Gasteiger partial charge in [-0.2, -0.15) is 5.10 Å². The molecule has 1 aliphatic rings. The summed E-state index contributed by atoms with van der Waals surface area (Å²) in [6.07, 6.45) is 0.813. The molecule has 0 atom stereocenters. The minimum absolute atomic E-state index is 0.314. The predicted molar refractivity (Wildman–Crippen MR) is 111 cm³/mol. The van der Waals surface area contributed by atoms with Gasteiger partial charge in [0.15, 0.2) is 14.0 Å². The van der Waals surface area contributed by atoms with Crippen molar-refractivity contribution in [1.82, 2.24) is 15.1 Å². The lowest BCUT2D eigenvalue weighted by Gasteiger charge is -2.42. The molecule has 1 aliphatic heterocycles. The molecule has 0 aliphatic carbocycles. The van der Waals surface area contributed by atoms with E-state index in [1.807, 2.05) is 11.6 Å². The second kappa shape index (κ2) is 9.34. The van der Waals surface area contributed by atoms with Crippen molar-refractivity contribution < 1.29 is 14.0 Å². The van der Waals surface area contributed by atoms with Crippen molar-refractivity contribution in [3.8, 4) is 0 Å². The monoisotopic (exact) mass is 395 g/mol. The van der Waals surface area contributed by atoms with Crippen LogP contribution in [0.25, 0.3) is 0 Å². The minimum atomic E-state index is -1.89. The molecule has 0 bridgehead atoms. The van der Waals surface area contributed by atoms with Crippen LogP contribution < -0.4 is 5.32 Å². The van der Waals surface area contributed by atoms with Crippen molar-refractivity contribution in [2.45, 2.75) is 84.6 Å². The number of carbonyl (C=O) groups excluding carboxylic acids is 1. The van der Waals surface area contributed by atoms with Crippen LogP contribution >= 0.6 is 0 Å². The standard InChI is InChI=1S/C20H37N3O3Si/c1-8-25-20(24)19-17-9-10-21-13-18(17)23(22-19)11-12-26-27(14(2)3,15(4)5)16(6)7/h14-16,21H,8-13H2,1-7H3. The van der Waals surface area contributed by atoms with E-state index in [1.54, 1.807) is 0 Å². The molecule has 0 fully saturated rings. The van der Waals surface area contributed by atoms with Gasteiger partial charge in [-0.3, -0.25) is 4.68 Å². The SMILES string of the molecule is CCOC(=O)c1nn(CCO[Si](C(C)C)(C(C)C)C(C)C)c2c1CCNC2. The summed E-state index contributed by atoms with van der Waals surface area (Å²) in [4.78, 5) is 12.3. The maximum atomic E-state index is 12.3. The van der Waals surface area contributed by atoms with Gasteiger partial charge < -0.3 is 14.5 Å². The van der Waals surface area contributed by atoms with Crippen molar-refractivity contribution in [3.63, 3.8) is 0 Å². The molecule has 0 saturated carbocycles. The molecule has 2 rings (SSSR count). The van der Waals surface area contributed by atoms with Gasteiger partial charge in [0, 0.05) is 12.1 Å². The Labute approximate surface area is 165 Å². The van der Waals surface area contributed by atoms with Crippen molar-refractivity contribution in [2.24, 2.45) is 0 Å². The average Bonchev–Trinajstić information content (AvgIpc) is 2.97. The Bertz CT molecular complexity index is 619. The highest BCUT2D eigenvalue weighted by Crippen LogP contribution is 2.42. The van der Waals surface area contributed by atoms with Gasteiger partial charge in [0.1, 0.15) is 0 Å². The maximum absolute atomic E-state index is 12.3. The molecule has 0 unspecified atom stereocenters. The van der Waals surface area contributed by atoms with Crippen LogP contribution in [0.3, 0.4) is 0 Å². The highest BCUT2D eigenvalue weighted by Gasteiger charge is 2.44. The Morgan fingerprint density at radius 1 is 1.19 bits per heavy atom. The molecule has 6 nitrogen and oxygen atoms in total. The van der Waals surface area contributed by atoms with E-state index in [0.29, 0.717) is 42.1 Å². The Kier molecular flexibility index (Phi) is 7.65. The van der Waals surface area contributed by atoms with Crippen molar-refractivity contribution in [2.75, 3.05) is 19.8 Å². The van der Waals surface area contributed by atoms with E-state index < -0.39 is 8.32 Å². The van der Waals surface area contributed by atoms with Gasteiger partial charge >= 0.3 is 5.97 Å². The van der Waals surface area contributed by atoms with E-state index >= 15 is 0 Å². The summed E-state index contributed by atoms with van der Waals surface area (Å²) < 4.78 is 13.8. The zero-order valence-electron chi connectivity index (χ0n) is 18.1. The van der Waals surface area contributed by atoms with E-state index in [0.717, 1.165) is 30.8 Å². The maximum Gasteiger partial charge on any atom is 0.359 e. The Morgan fingerprint density at radius 2 is 1.81 bits per heavy atom. The largest absolute Gasteiger partial charge is 0.461 e. The highest BCUT2D eigenvalue weighted by molar-refractivity contribution is 6.77. The Balaban J connectivity index is 2.19. The molecule has 0 amide bonds. The van der Waals surface area contributed by atoms with Crippen LogP contribution in [0.1, 0.15) is 70.2 Å². The van der Waals surface area contributed by atoms with Gasteiger partial charge in [-0.25, -0.2) is 4.79 Å². The fraction of sp³-hybridized carbons (Fsp3) is 0.800. The number of nitrogens with zero attached hydrogens (tertiary/aromatic N) is 2. The van der Waals surface area contributed by atoms with E-state index in [4.69, 9.17) is 9.16 Å². The summed E-state index contributed by atoms with van der Waals surface area (Å²) in [6, 6.07) is 0. The topological polar surface area (TPSA) is 65.4 Å². The van der Waals surface area contributed by atoms with Crippen LogP contribution in [0.2, 0.25) is 16.6 Å². The van der Waals surface area contributed by atoms with E-state index in [-0.39, 0.29) is 5.97 Å². The average molecular weight is 396 g/mol. The van der Waals surface area contributed by atoms with Crippen LogP contribution in [0.15, 0.2) is 0 Å². The van der Waals surface area contributed by atoms with Gasteiger partial charge in [-0.15, -0.1) is 0 Å². The van der Waals surface area contributed by atoms with E-state index in [1.165, 1.54) is 0 Å². The Morgan fingerprint density at radius 3 is 2.37 bits per heavy atom. The van der Waals surface area contributed by atoms with Crippen molar-refractivity contribution in [1.29, 1.82) is 0 Å². The normalized spacial score (nSPS) is 14.9. The number of rotatable bonds is 9. The van der Waals surface area contributed by atoms with Crippen LogP contribution in [-0.4, -0.2) is 43.8 Å². The van der Waals surface area contributed by atoms with Gasteiger partial charge in [0.25, 0.3) is 0 Å². The van der Waals surface area contributed by atoms with Gasteiger partial charge in [-0.1, -0.05) is 41.5 Å². The summed E-state index contributed by atoms with van der Waals surface area (Å²) >= 11 is 0. The lowest BCUT2D eigenvalue weighted by Crippen LogP contribution is -2.48. The number of hydrogen-bond acceptors (Lipinski definition) is 5. The summed E-state index contributed by atoms with van der Waals surface area (Å²) in [5.41, 5.74) is 4.28. The third kappa shape index (κ3) is 4.46. The first kappa shape index (κ1) is 22.1. The molecule has 1 aromatic heterocycles. The molecule has 154 valence electrons. The lowest BCUT2D eigenvalue weighted by atomic mass is 10.1. The van der Waals surface area contributed by atoms with E-state index in [2.05, 4.69) is 52.0 Å². The van der Waals surface area contributed by atoms with Crippen LogP contribution in [0, 0.1) is 0 Å². The number of nitrogens with one attached hydrogen (secondary N) is 1. The first-order valence-corrected chi connectivity index (χ1v) is 12.5. The first-order valence-electron chi connectivity index (χ1n) is 10.4. The molecular weight excluding hydrogens is 358 g/mol.